The van der Waals surface area contributed by atoms with E-state index in [2.05, 4.69) is 27.5 Å². The number of hydrogen-bond donors (Lipinski definition) is 2. The highest BCUT2D eigenvalue weighted by Crippen LogP contribution is 2.15. The van der Waals surface area contributed by atoms with Gasteiger partial charge in [-0.2, -0.15) is 0 Å². The predicted octanol–water partition coefficient (Wildman–Crippen LogP) is 2.62. The molecule has 2 aromatic rings. The topological polar surface area (TPSA) is 71.7 Å². The molecule has 0 spiro atoms. The van der Waals surface area contributed by atoms with Crippen LogP contribution in [0.4, 0.5) is 0 Å². The number of nitrogens with zero attached hydrogens (tertiary/aromatic N) is 2. The Morgan fingerprint density at radius 2 is 2.26 bits per heavy atom. The van der Waals surface area contributed by atoms with Crippen molar-refractivity contribution in [3.63, 3.8) is 0 Å². The zero-order chi connectivity index (χ0) is 16.5. The van der Waals surface area contributed by atoms with Crippen molar-refractivity contribution in [3.8, 4) is 0 Å². The summed E-state index contributed by atoms with van der Waals surface area (Å²) in [7, 11) is 1.76. The maximum atomic E-state index is 5.54. The molecule has 0 aliphatic carbocycles. The predicted molar refractivity (Wildman–Crippen MR) is 92.8 cm³/mol. The number of furan rings is 1. The third-order valence-electron chi connectivity index (χ3n) is 3.29. The molecule has 0 fully saturated rings. The number of rotatable bonds is 8. The zero-order valence-corrected chi connectivity index (χ0v) is 14.7. The van der Waals surface area contributed by atoms with Gasteiger partial charge in [-0.15, -0.1) is 11.3 Å². The number of guanidine groups is 1. The van der Waals surface area contributed by atoms with Crippen molar-refractivity contribution in [3.05, 3.63) is 39.7 Å². The van der Waals surface area contributed by atoms with Crippen LogP contribution < -0.4 is 10.6 Å². The van der Waals surface area contributed by atoms with Crippen molar-refractivity contribution in [1.29, 1.82) is 0 Å². The molecule has 7 heteroatoms. The van der Waals surface area contributed by atoms with Crippen molar-refractivity contribution in [2.75, 3.05) is 20.2 Å². The normalized spacial score (nSPS) is 11.7. The highest BCUT2D eigenvalue weighted by molar-refractivity contribution is 7.11. The summed E-state index contributed by atoms with van der Waals surface area (Å²) in [4.78, 5) is 9.97. The minimum absolute atomic E-state index is 0.517. The number of aliphatic imine (C=N–C) groups is 1. The van der Waals surface area contributed by atoms with Gasteiger partial charge in [0.25, 0.3) is 0 Å². The molecule has 0 aromatic carbocycles. The van der Waals surface area contributed by atoms with Crippen molar-refractivity contribution < 1.29 is 9.15 Å². The summed E-state index contributed by atoms with van der Waals surface area (Å²) in [6.07, 6.45) is 2.55. The van der Waals surface area contributed by atoms with Crippen LogP contribution in [0.5, 0.6) is 0 Å². The fraction of sp³-hybridized carbons (Fsp3) is 0.500. The molecule has 0 saturated heterocycles. The van der Waals surface area contributed by atoms with Gasteiger partial charge in [-0.05, 0) is 32.4 Å². The van der Waals surface area contributed by atoms with Crippen molar-refractivity contribution >= 4 is 17.3 Å². The molecule has 2 N–H and O–H groups in total. The largest absolute Gasteiger partial charge is 0.467 e. The van der Waals surface area contributed by atoms with Gasteiger partial charge in [0.05, 0.1) is 18.5 Å². The lowest BCUT2D eigenvalue weighted by Crippen LogP contribution is -2.37. The van der Waals surface area contributed by atoms with Gasteiger partial charge in [0.15, 0.2) is 5.96 Å². The molecule has 0 amide bonds. The van der Waals surface area contributed by atoms with Gasteiger partial charge < -0.3 is 19.8 Å². The lowest BCUT2D eigenvalue weighted by Gasteiger charge is -2.10. The Hall–Kier alpha value is -1.86. The van der Waals surface area contributed by atoms with E-state index in [0.717, 1.165) is 35.4 Å². The second kappa shape index (κ2) is 9.32. The molecule has 0 radical (unpaired) electrons. The summed E-state index contributed by atoms with van der Waals surface area (Å²) < 4.78 is 10.7. The number of hydrogen-bond acceptors (Lipinski definition) is 5. The Morgan fingerprint density at radius 1 is 1.39 bits per heavy atom. The summed E-state index contributed by atoms with van der Waals surface area (Å²) in [6, 6.07) is 3.77. The van der Waals surface area contributed by atoms with Crippen LogP contribution in [-0.4, -0.2) is 31.1 Å². The van der Waals surface area contributed by atoms with Gasteiger partial charge in [0.2, 0.25) is 0 Å². The Balaban J connectivity index is 1.57. The van der Waals surface area contributed by atoms with Crippen molar-refractivity contribution in [1.82, 2.24) is 15.6 Å². The second-order valence-electron chi connectivity index (χ2n) is 5.09. The van der Waals surface area contributed by atoms with E-state index >= 15 is 0 Å². The Kier molecular flexibility index (Phi) is 7.09. The summed E-state index contributed by atoms with van der Waals surface area (Å²) in [5.41, 5.74) is 1.10. The summed E-state index contributed by atoms with van der Waals surface area (Å²) >= 11 is 1.72. The number of ether oxygens (including phenoxy) is 1. The van der Waals surface area contributed by atoms with E-state index in [9.17, 15) is 0 Å². The lowest BCUT2D eigenvalue weighted by molar-refractivity contribution is 0.105. The van der Waals surface area contributed by atoms with E-state index in [0.29, 0.717) is 19.8 Å². The molecule has 126 valence electrons. The van der Waals surface area contributed by atoms with Crippen molar-refractivity contribution in [2.24, 2.45) is 4.99 Å². The van der Waals surface area contributed by atoms with Crippen LogP contribution in [-0.2, 0) is 17.9 Å². The number of aromatic nitrogens is 1. The molecular weight excluding hydrogens is 312 g/mol. The molecular formula is C16H24N4O2S. The SMILES string of the molecule is CN=C(NCCCOCc1ccco1)NCc1nc(C)c(C)s1. The van der Waals surface area contributed by atoms with E-state index in [1.807, 2.05) is 19.1 Å². The standard InChI is InChI=1S/C16H24N4O2S/c1-12-13(2)23-15(20-12)10-19-16(17-3)18-7-5-8-21-11-14-6-4-9-22-14/h4,6,9H,5,7-8,10-11H2,1-3H3,(H2,17,18,19). The Labute approximate surface area is 141 Å². The first kappa shape index (κ1) is 17.5. The van der Waals surface area contributed by atoms with Gasteiger partial charge in [0, 0.05) is 25.1 Å². The quantitative estimate of drug-likeness (QED) is 0.440. The third kappa shape index (κ3) is 6.03. The van der Waals surface area contributed by atoms with Crippen LogP contribution in [0.3, 0.4) is 0 Å². The molecule has 2 heterocycles. The average molecular weight is 336 g/mol. The summed E-state index contributed by atoms with van der Waals surface area (Å²) in [5.74, 6) is 1.63. The van der Waals surface area contributed by atoms with E-state index in [4.69, 9.17) is 9.15 Å². The Morgan fingerprint density at radius 3 is 2.91 bits per heavy atom. The molecule has 0 aliphatic rings. The van der Waals surface area contributed by atoms with Crippen LogP contribution in [0.1, 0.15) is 27.8 Å². The molecule has 2 rings (SSSR count). The fourth-order valence-electron chi connectivity index (χ4n) is 1.94. The first-order valence-electron chi connectivity index (χ1n) is 7.66. The number of nitrogens with one attached hydrogen (secondary N) is 2. The fourth-order valence-corrected chi connectivity index (χ4v) is 2.82. The third-order valence-corrected chi connectivity index (χ3v) is 4.36. The number of aryl methyl sites for hydroxylation is 2. The second-order valence-corrected chi connectivity index (χ2v) is 6.37. The summed E-state index contributed by atoms with van der Waals surface area (Å²) in [5, 5.41) is 7.61. The number of thiazole rings is 1. The zero-order valence-electron chi connectivity index (χ0n) is 13.9. The molecule has 6 nitrogen and oxygen atoms in total. The van der Waals surface area contributed by atoms with Crippen LogP contribution >= 0.6 is 11.3 Å². The van der Waals surface area contributed by atoms with E-state index in [1.54, 1.807) is 24.6 Å². The van der Waals surface area contributed by atoms with Gasteiger partial charge in [0.1, 0.15) is 17.4 Å². The maximum Gasteiger partial charge on any atom is 0.191 e. The van der Waals surface area contributed by atoms with Gasteiger partial charge in [-0.25, -0.2) is 4.98 Å². The molecule has 0 bridgehead atoms. The van der Waals surface area contributed by atoms with E-state index in [-0.39, 0.29) is 0 Å². The molecule has 0 saturated carbocycles. The van der Waals surface area contributed by atoms with Crippen LogP contribution in [0.2, 0.25) is 0 Å². The molecule has 2 aromatic heterocycles. The minimum atomic E-state index is 0.517. The Bertz CT molecular complexity index is 588. The monoisotopic (exact) mass is 336 g/mol. The molecule has 23 heavy (non-hydrogen) atoms. The lowest BCUT2D eigenvalue weighted by atomic mass is 10.4. The van der Waals surface area contributed by atoms with Gasteiger partial charge in [-0.1, -0.05) is 0 Å². The minimum Gasteiger partial charge on any atom is -0.467 e. The van der Waals surface area contributed by atoms with Gasteiger partial charge in [-0.3, -0.25) is 4.99 Å². The van der Waals surface area contributed by atoms with Crippen LogP contribution in [0.25, 0.3) is 0 Å². The smallest absolute Gasteiger partial charge is 0.191 e. The molecule has 0 aliphatic heterocycles. The first-order chi connectivity index (χ1) is 11.2. The average Bonchev–Trinajstić information content (AvgIpc) is 3.16. The highest BCUT2D eigenvalue weighted by atomic mass is 32.1. The van der Waals surface area contributed by atoms with Crippen LogP contribution in [0.15, 0.2) is 27.8 Å². The molecule has 0 atom stereocenters. The van der Waals surface area contributed by atoms with E-state index in [1.165, 1.54) is 4.88 Å². The summed E-state index contributed by atoms with van der Waals surface area (Å²) in [6.45, 7) is 6.80. The van der Waals surface area contributed by atoms with E-state index < -0.39 is 0 Å². The van der Waals surface area contributed by atoms with Gasteiger partial charge >= 0.3 is 0 Å². The maximum absolute atomic E-state index is 5.54. The van der Waals surface area contributed by atoms with Crippen LogP contribution in [0, 0.1) is 13.8 Å². The van der Waals surface area contributed by atoms with Crippen molar-refractivity contribution in [2.45, 2.75) is 33.4 Å². The first-order valence-corrected chi connectivity index (χ1v) is 8.48. The molecule has 0 unspecified atom stereocenters. The highest BCUT2D eigenvalue weighted by Gasteiger charge is 2.04.